The maximum Gasteiger partial charge on any atom is 0.303 e. The second-order valence-corrected chi connectivity index (χ2v) is 6.95. The Morgan fingerprint density at radius 3 is 2.67 bits per heavy atom. The number of Topliss-reactive ketones (excluding diaryl/α,β-unsaturated/α-hetero) is 1. The van der Waals surface area contributed by atoms with Crippen molar-refractivity contribution >= 4 is 27.7 Å². The van der Waals surface area contributed by atoms with Crippen molar-refractivity contribution in [1.29, 1.82) is 0 Å². The van der Waals surface area contributed by atoms with Gasteiger partial charge in [0, 0.05) is 11.2 Å². The quantitative estimate of drug-likeness (QED) is 0.575. The van der Waals surface area contributed by atoms with E-state index in [9.17, 15) is 9.59 Å². The minimum Gasteiger partial charge on any atom is -0.481 e. The van der Waals surface area contributed by atoms with E-state index >= 15 is 0 Å². The van der Waals surface area contributed by atoms with E-state index in [-0.39, 0.29) is 22.4 Å². The van der Waals surface area contributed by atoms with Gasteiger partial charge in [-0.15, -0.1) is 0 Å². The Labute approximate surface area is 117 Å². The molecule has 1 unspecified atom stereocenters. The van der Waals surface area contributed by atoms with Crippen LogP contribution >= 0.6 is 15.9 Å². The van der Waals surface area contributed by atoms with Gasteiger partial charge in [0.15, 0.2) is 5.78 Å². The van der Waals surface area contributed by atoms with Crippen molar-refractivity contribution in [2.75, 3.05) is 0 Å². The maximum atomic E-state index is 11.5. The van der Waals surface area contributed by atoms with Crippen LogP contribution in [0.15, 0.2) is 11.6 Å². The Morgan fingerprint density at radius 2 is 2.17 bits per heavy atom. The van der Waals surface area contributed by atoms with Crippen molar-refractivity contribution in [3.05, 3.63) is 11.6 Å². The molecule has 0 aromatic heterocycles. The lowest BCUT2D eigenvalue weighted by Crippen LogP contribution is -2.16. The number of unbranched alkanes of at least 4 members (excludes halogenated alkanes) is 1. The topological polar surface area (TPSA) is 54.4 Å². The zero-order valence-electron chi connectivity index (χ0n) is 11.0. The molecule has 1 aliphatic rings. The molecule has 0 radical (unpaired) electrons. The molecule has 0 aliphatic heterocycles. The van der Waals surface area contributed by atoms with Crippen molar-refractivity contribution < 1.29 is 14.7 Å². The van der Waals surface area contributed by atoms with E-state index in [1.54, 1.807) is 0 Å². The van der Waals surface area contributed by atoms with Crippen LogP contribution in [0, 0.1) is 5.41 Å². The molecular formula is C14H21BrO3. The molecule has 4 heteroatoms. The number of hydrogen-bond donors (Lipinski definition) is 1. The number of ketones is 1. The SMILES string of the molecule is CC(C)(CCCCC1=CC(Br)CC1=O)CC(=O)O. The molecular weight excluding hydrogens is 296 g/mol. The van der Waals surface area contributed by atoms with Crippen LogP contribution in [0.5, 0.6) is 0 Å². The summed E-state index contributed by atoms with van der Waals surface area (Å²) < 4.78 is 0. The average Bonchev–Trinajstić information content (AvgIpc) is 2.50. The van der Waals surface area contributed by atoms with Crippen molar-refractivity contribution in [3.8, 4) is 0 Å². The Morgan fingerprint density at radius 1 is 1.50 bits per heavy atom. The number of carbonyl (C=O) groups excluding carboxylic acids is 1. The Hall–Kier alpha value is -0.640. The molecule has 3 nitrogen and oxygen atoms in total. The van der Waals surface area contributed by atoms with Gasteiger partial charge in [-0.25, -0.2) is 0 Å². The first-order chi connectivity index (χ1) is 8.30. The molecule has 18 heavy (non-hydrogen) atoms. The lowest BCUT2D eigenvalue weighted by Gasteiger charge is -2.22. The summed E-state index contributed by atoms with van der Waals surface area (Å²) >= 11 is 3.42. The maximum absolute atomic E-state index is 11.5. The number of rotatable bonds is 7. The Bertz CT molecular complexity index is 358. The number of halogens is 1. The first kappa shape index (κ1) is 15.4. The van der Waals surface area contributed by atoms with Crippen molar-refractivity contribution in [1.82, 2.24) is 0 Å². The van der Waals surface area contributed by atoms with Gasteiger partial charge in [0.1, 0.15) is 0 Å². The summed E-state index contributed by atoms with van der Waals surface area (Å²) in [6.45, 7) is 3.96. The van der Waals surface area contributed by atoms with Crippen LogP contribution in [0.2, 0.25) is 0 Å². The van der Waals surface area contributed by atoms with Gasteiger partial charge in [0.25, 0.3) is 0 Å². The van der Waals surface area contributed by atoms with Gasteiger partial charge < -0.3 is 5.11 Å². The van der Waals surface area contributed by atoms with Crippen LogP contribution in [0.25, 0.3) is 0 Å². The number of carboxylic acids is 1. The highest BCUT2D eigenvalue weighted by Gasteiger charge is 2.23. The third kappa shape index (κ3) is 5.34. The molecule has 0 spiro atoms. The second-order valence-electron chi connectivity index (χ2n) is 5.78. The summed E-state index contributed by atoms with van der Waals surface area (Å²) in [7, 11) is 0. The zero-order valence-corrected chi connectivity index (χ0v) is 12.6. The predicted octanol–water partition coefficient (Wildman–Crippen LogP) is 3.71. The fourth-order valence-corrected chi connectivity index (χ4v) is 2.93. The summed E-state index contributed by atoms with van der Waals surface area (Å²) in [4.78, 5) is 22.4. The van der Waals surface area contributed by atoms with Crippen molar-refractivity contribution in [2.24, 2.45) is 5.41 Å². The Balaban J connectivity index is 2.25. The van der Waals surface area contributed by atoms with Crippen LogP contribution < -0.4 is 0 Å². The van der Waals surface area contributed by atoms with E-state index in [2.05, 4.69) is 15.9 Å². The lowest BCUT2D eigenvalue weighted by atomic mass is 9.83. The predicted molar refractivity (Wildman–Crippen MR) is 74.9 cm³/mol. The van der Waals surface area contributed by atoms with E-state index in [1.165, 1.54) is 0 Å². The third-order valence-corrected chi connectivity index (χ3v) is 3.89. The molecule has 1 atom stereocenters. The highest BCUT2D eigenvalue weighted by molar-refractivity contribution is 9.09. The average molecular weight is 317 g/mol. The number of hydrogen-bond acceptors (Lipinski definition) is 2. The van der Waals surface area contributed by atoms with E-state index in [4.69, 9.17) is 5.11 Å². The van der Waals surface area contributed by atoms with Crippen LogP contribution in [0.3, 0.4) is 0 Å². The summed E-state index contributed by atoms with van der Waals surface area (Å²) in [6, 6.07) is 0. The minimum absolute atomic E-state index is 0.155. The summed E-state index contributed by atoms with van der Waals surface area (Å²) in [5.74, 6) is -0.488. The molecule has 0 fully saturated rings. The first-order valence-corrected chi connectivity index (χ1v) is 7.31. The van der Waals surface area contributed by atoms with E-state index in [1.807, 2.05) is 19.9 Å². The molecule has 102 valence electrons. The summed E-state index contributed by atoms with van der Waals surface area (Å²) in [5.41, 5.74) is 0.783. The first-order valence-electron chi connectivity index (χ1n) is 6.40. The van der Waals surface area contributed by atoms with Gasteiger partial charge in [0.05, 0.1) is 6.42 Å². The fraction of sp³-hybridized carbons (Fsp3) is 0.714. The molecule has 0 saturated carbocycles. The molecule has 0 saturated heterocycles. The number of aliphatic carboxylic acids is 1. The van der Waals surface area contributed by atoms with Gasteiger partial charge in [-0.05, 0) is 30.3 Å². The van der Waals surface area contributed by atoms with Gasteiger partial charge in [-0.3, -0.25) is 9.59 Å². The molecule has 0 heterocycles. The molecule has 1 rings (SSSR count). The number of allylic oxidation sites excluding steroid dienone is 2. The summed E-state index contributed by atoms with van der Waals surface area (Å²) in [5, 5.41) is 8.78. The molecule has 0 amide bonds. The van der Waals surface area contributed by atoms with Gasteiger partial charge in [-0.2, -0.15) is 0 Å². The molecule has 0 aromatic rings. The highest BCUT2D eigenvalue weighted by Crippen LogP contribution is 2.29. The standard InChI is InChI=1S/C14H21BrO3/c1-14(2,9-13(17)18)6-4-3-5-10-7-11(15)8-12(10)16/h7,11H,3-6,8-9H2,1-2H3,(H,17,18). The highest BCUT2D eigenvalue weighted by atomic mass is 79.9. The normalized spacial score (nSPS) is 20.1. The monoisotopic (exact) mass is 316 g/mol. The van der Waals surface area contributed by atoms with E-state index < -0.39 is 5.97 Å². The minimum atomic E-state index is -0.740. The number of carboxylic acid groups (broad SMARTS) is 1. The fourth-order valence-electron chi connectivity index (χ4n) is 2.32. The Kier molecular flexibility index (Phi) is 5.57. The van der Waals surface area contributed by atoms with Crippen molar-refractivity contribution in [3.63, 3.8) is 0 Å². The molecule has 1 N–H and O–H groups in total. The van der Waals surface area contributed by atoms with E-state index in [0.717, 1.165) is 31.3 Å². The van der Waals surface area contributed by atoms with E-state index in [0.29, 0.717) is 6.42 Å². The van der Waals surface area contributed by atoms with Crippen LogP contribution in [0.4, 0.5) is 0 Å². The summed E-state index contributed by atoms with van der Waals surface area (Å²) in [6.07, 6.45) is 6.43. The van der Waals surface area contributed by atoms with Gasteiger partial charge in [0.2, 0.25) is 0 Å². The molecule has 0 bridgehead atoms. The van der Waals surface area contributed by atoms with Crippen LogP contribution in [-0.4, -0.2) is 21.7 Å². The molecule has 0 aromatic carbocycles. The number of alkyl halides is 1. The van der Waals surface area contributed by atoms with Crippen LogP contribution in [-0.2, 0) is 9.59 Å². The second kappa shape index (κ2) is 6.50. The third-order valence-electron chi connectivity index (χ3n) is 3.30. The van der Waals surface area contributed by atoms with Crippen LogP contribution in [0.1, 0.15) is 52.4 Å². The zero-order chi connectivity index (χ0) is 13.8. The van der Waals surface area contributed by atoms with Gasteiger partial charge in [-0.1, -0.05) is 42.3 Å². The van der Waals surface area contributed by atoms with Gasteiger partial charge >= 0.3 is 5.97 Å². The smallest absolute Gasteiger partial charge is 0.303 e. The lowest BCUT2D eigenvalue weighted by molar-refractivity contribution is -0.139. The van der Waals surface area contributed by atoms with Crippen molar-refractivity contribution in [2.45, 2.75) is 57.2 Å². The number of carbonyl (C=O) groups is 2. The largest absolute Gasteiger partial charge is 0.481 e. The molecule has 1 aliphatic carbocycles.